The first-order valence-electron chi connectivity index (χ1n) is 7.04. The lowest BCUT2D eigenvalue weighted by Gasteiger charge is -2.16. The number of hydrogen-bond acceptors (Lipinski definition) is 4. The van der Waals surface area contributed by atoms with Crippen molar-refractivity contribution in [2.24, 2.45) is 0 Å². The number of likely N-dealkylation sites (N-methyl/N-ethyl adjacent to an activating group) is 1. The van der Waals surface area contributed by atoms with E-state index < -0.39 is 6.61 Å². The average molecular weight is 324 g/mol. The van der Waals surface area contributed by atoms with Gasteiger partial charge in [-0.3, -0.25) is 9.69 Å². The highest BCUT2D eigenvalue weighted by atomic mass is 19.3. The highest BCUT2D eigenvalue weighted by Gasteiger charge is 2.09. The van der Waals surface area contributed by atoms with Gasteiger partial charge in [-0.15, -0.1) is 0 Å². The lowest BCUT2D eigenvalue weighted by atomic mass is 10.2. The predicted molar refractivity (Wildman–Crippen MR) is 80.0 cm³/mol. The van der Waals surface area contributed by atoms with Crippen molar-refractivity contribution in [1.29, 1.82) is 0 Å². The zero-order valence-corrected chi connectivity index (χ0v) is 12.7. The van der Waals surface area contributed by atoms with Crippen LogP contribution in [0.25, 0.3) is 0 Å². The molecule has 0 fully saturated rings. The molecule has 0 aliphatic heterocycles. The summed E-state index contributed by atoms with van der Waals surface area (Å²) >= 11 is 0. The first-order chi connectivity index (χ1) is 11.0. The highest BCUT2D eigenvalue weighted by molar-refractivity contribution is 5.77. The summed E-state index contributed by atoms with van der Waals surface area (Å²) in [6.07, 6.45) is 1.55. The highest BCUT2D eigenvalue weighted by Crippen LogP contribution is 2.15. The molecule has 124 valence electrons. The number of ether oxygens (including phenoxy) is 1. The Hall–Kier alpha value is -2.41. The van der Waals surface area contributed by atoms with Crippen LogP contribution in [0.1, 0.15) is 11.3 Å². The molecule has 2 rings (SSSR count). The van der Waals surface area contributed by atoms with Crippen molar-refractivity contribution in [3.05, 3.63) is 54.0 Å². The van der Waals surface area contributed by atoms with Crippen LogP contribution in [-0.4, -0.2) is 31.0 Å². The zero-order valence-electron chi connectivity index (χ0n) is 12.7. The number of alkyl halides is 2. The predicted octanol–water partition coefficient (Wildman–Crippen LogP) is 2.63. The number of benzene rings is 1. The quantitative estimate of drug-likeness (QED) is 0.811. The lowest BCUT2D eigenvalue weighted by molar-refractivity contribution is -0.122. The molecule has 2 aromatic rings. The topological polar surface area (TPSA) is 54.7 Å². The lowest BCUT2D eigenvalue weighted by Crippen LogP contribution is -2.34. The van der Waals surface area contributed by atoms with Crippen LogP contribution in [0.5, 0.6) is 5.75 Å². The number of amides is 1. The van der Waals surface area contributed by atoms with Crippen molar-refractivity contribution in [3.8, 4) is 5.75 Å². The van der Waals surface area contributed by atoms with Crippen molar-refractivity contribution in [2.45, 2.75) is 19.7 Å². The number of furan rings is 1. The van der Waals surface area contributed by atoms with Crippen LogP contribution >= 0.6 is 0 Å². The number of halogens is 2. The largest absolute Gasteiger partial charge is 0.467 e. The van der Waals surface area contributed by atoms with Crippen LogP contribution < -0.4 is 10.1 Å². The van der Waals surface area contributed by atoms with Gasteiger partial charge >= 0.3 is 6.61 Å². The Kier molecular flexibility index (Phi) is 6.10. The van der Waals surface area contributed by atoms with Gasteiger partial charge in [0.1, 0.15) is 11.5 Å². The standard InChI is InChI=1S/C16H18F2N2O3/c1-20(11-15(21)19-9-14-3-2-8-22-14)10-12-4-6-13(7-5-12)23-16(17)18/h2-8,16H,9-11H2,1H3,(H,19,21). The van der Waals surface area contributed by atoms with E-state index in [2.05, 4.69) is 10.1 Å². The van der Waals surface area contributed by atoms with Crippen LogP contribution in [-0.2, 0) is 17.9 Å². The summed E-state index contributed by atoms with van der Waals surface area (Å²) < 4.78 is 33.6. The molecule has 0 radical (unpaired) electrons. The maximum atomic E-state index is 12.1. The fraction of sp³-hybridized carbons (Fsp3) is 0.312. The summed E-state index contributed by atoms with van der Waals surface area (Å²) in [4.78, 5) is 13.6. The van der Waals surface area contributed by atoms with Crippen molar-refractivity contribution < 1.29 is 22.7 Å². The average Bonchev–Trinajstić information content (AvgIpc) is 3.00. The number of carbonyl (C=O) groups excluding carboxylic acids is 1. The molecule has 1 N–H and O–H groups in total. The molecule has 0 aliphatic rings. The van der Waals surface area contributed by atoms with Gasteiger partial charge in [0.15, 0.2) is 0 Å². The number of hydrogen-bond donors (Lipinski definition) is 1. The fourth-order valence-electron chi connectivity index (χ4n) is 2.04. The third kappa shape index (κ3) is 6.07. The molecule has 1 aromatic heterocycles. The third-order valence-electron chi connectivity index (χ3n) is 3.05. The number of nitrogens with one attached hydrogen (secondary N) is 1. The Labute approximate surface area is 132 Å². The minimum absolute atomic E-state index is 0.114. The Morgan fingerprint density at radius 1 is 1.30 bits per heavy atom. The van der Waals surface area contributed by atoms with Gasteiger partial charge in [0.2, 0.25) is 5.91 Å². The minimum atomic E-state index is -2.83. The van der Waals surface area contributed by atoms with Crippen LogP contribution in [0.2, 0.25) is 0 Å². The van der Waals surface area contributed by atoms with Gasteiger partial charge in [0, 0.05) is 6.54 Å². The van der Waals surface area contributed by atoms with Crippen LogP contribution in [0.3, 0.4) is 0 Å². The SMILES string of the molecule is CN(CC(=O)NCc1ccco1)Cc1ccc(OC(F)F)cc1. The molecular weight excluding hydrogens is 306 g/mol. The Balaban J connectivity index is 1.75. The van der Waals surface area contributed by atoms with Crippen molar-refractivity contribution in [1.82, 2.24) is 10.2 Å². The van der Waals surface area contributed by atoms with Gasteiger partial charge in [-0.05, 0) is 36.9 Å². The normalized spacial score (nSPS) is 11.0. The van der Waals surface area contributed by atoms with Crippen molar-refractivity contribution >= 4 is 5.91 Å². The maximum Gasteiger partial charge on any atom is 0.387 e. The van der Waals surface area contributed by atoms with E-state index in [0.29, 0.717) is 18.8 Å². The molecule has 0 aliphatic carbocycles. The van der Waals surface area contributed by atoms with Gasteiger partial charge in [0.25, 0.3) is 0 Å². The smallest absolute Gasteiger partial charge is 0.387 e. The molecule has 0 bridgehead atoms. The second-order valence-electron chi connectivity index (χ2n) is 5.05. The molecule has 0 spiro atoms. The summed E-state index contributed by atoms with van der Waals surface area (Å²) in [5.74, 6) is 0.680. The van der Waals surface area contributed by atoms with Crippen molar-refractivity contribution in [2.75, 3.05) is 13.6 Å². The monoisotopic (exact) mass is 324 g/mol. The molecule has 1 heterocycles. The molecule has 23 heavy (non-hydrogen) atoms. The summed E-state index contributed by atoms with van der Waals surface area (Å²) in [5, 5.41) is 2.75. The van der Waals surface area contributed by atoms with E-state index in [9.17, 15) is 13.6 Å². The van der Waals surface area contributed by atoms with Crippen LogP contribution in [0, 0.1) is 0 Å². The summed E-state index contributed by atoms with van der Waals surface area (Å²) in [6, 6.07) is 9.88. The van der Waals surface area contributed by atoms with E-state index in [1.807, 2.05) is 4.90 Å². The van der Waals surface area contributed by atoms with E-state index >= 15 is 0 Å². The molecule has 0 saturated heterocycles. The molecular formula is C16H18F2N2O3. The Morgan fingerprint density at radius 2 is 2.04 bits per heavy atom. The fourth-order valence-corrected chi connectivity index (χ4v) is 2.04. The summed E-state index contributed by atoms with van der Waals surface area (Å²) in [6.45, 7) is -1.75. The van der Waals surface area contributed by atoms with Gasteiger partial charge in [-0.25, -0.2) is 0 Å². The number of carbonyl (C=O) groups is 1. The molecule has 1 aromatic carbocycles. The van der Waals surface area contributed by atoms with E-state index in [1.165, 1.54) is 12.1 Å². The van der Waals surface area contributed by atoms with Gasteiger partial charge in [0.05, 0.1) is 19.4 Å². The van der Waals surface area contributed by atoms with Crippen LogP contribution in [0.15, 0.2) is 47.1 Å². The maximum absolute atomic E-state index is 12.1. The zero-order chi connectivity index (χ0) is 16.7. The second-order valence-corrected chi connectivity index (χ2v) is 5.05. The molecule has 5 nitrogen and oxygen atoms in total. The summed E-state index contributed by atoms with van der Waals surface area (Å²) in [7, 11) is 1.80. The van der Waals surface area contributed by atoms with E-state index in [1.54, 1.807) is 37.6 Å². The molecule has 1 amide bonds. The van der Waals surface area contributed by atoms with Crippen molar-refractivity contribution in [3.63, 3.8) is 0 Å². The first-order valence-corrected chi connectivity index (χ1v) is 7.04. The first kappa shape index (κ1) is 17.0. The van der Waals surface area contributed by atoms with Crippen LogP contribution in [0.4, 0.5) is 8.78 Å². The van der Waals surface area contributed by atoms with E-state index in [0.717, 1.165) is 5.56 Å². The van der Waals surface area contributed by atoms with E-state index in [-0.39, 0.29) is 18.2 Å². The van der Waals surface area contributed by atoms with Gasteiger partial charge < -0.3 is 14.5 Å². The third-order valence-corrected chi connectivity index (χ3v) is 3.05. The molecule has 7 heteroatoms. The number of rotatable bonds is 8. The Morgan fingerprint density at radius 3 is 2.65 bits per heavy atom. The summed E-state index contributed by atoms with van der Waals surface area (Å²) in [5.41, 5.74) is 0.896. The Bertz CT molecular complexity index is 600. The second kappa shape index (κ2) is 8.28. The number of nitrogens with zero attached hydrogens (tertiary/aromatic N) is 1. The molecule has 0 saturated carbocycles. The van der Waals surface area contributed by atoms with E-state index in [4.69, 9.17) is 4.42 Å². The molecule has 0 unspecified atom stereocenters. The van der Waals surface area contributed by atoms with Gasteiger partial charge in [-0.2, -0.15) is 8.78 Å². The van der Waals surface area contributed by atoms with Gasteiger partial charge in [-0.1, -0.05) is 12.1 Å². The minimum Gasteiger partial charge on any atom is -0.467 e. The molecule has 0 atom stereocenters.